The number of nitrogens with two attached hydrogens (primary N) is 1. The van der Waals surface area contributed by atoms with Gasteiger partial charge in [0.05, 0.1) is 46.2 Å². The number of ether oxygens (including phenoxy) is 4. The van der Waals surface area contributed by atoms with Gasteiger partial charge in [-0.15, -0.1) is 0 Å². The molecule has 0 rings (SSSR count). The van der Waals surface area contributed by atoms with E-state index in [1.54, 1.807) is 0 Å². The predicted molar refractivity (Wildman–Crippen MR) is 76.5 cm³/mol. The zero-order valence-electron chi connectivity index (χ0n) is 12.8. The summed E-state index contributed by atoms with van der Waals surface area (Å²) in [5.41, 5.74) is 5.50. The summed E-state index contributed by atoms with van der Waals surface area (Å²) in [6, 6.07) is 0. The van der Waals surface area contributed by atoms with Crippen LogP contribution in [-0.4, -0.2) is 58.4 Å². The lowest BCUT2D eigenvalue weighted by Gasteiger charge is -2.18. The third-order valence-corrected chi connectivity index (χ3v) is 2.23. The Hall–Kier alpha value is -0.200. The fraction of sp³-hybridized carbons (Fsp3) is 1.00. The van der Waals surface area contributed by atoms with E-state index in [0.717, 1.165) is 19.4 Å². The minimum Gasteiger partial charge on any atom is -0.379 e. The number of hydrogen-bond acceptors (Lipinski definition) is 5. The van der Waals surface area contributed by atoms with Crippen molar-refractivity contribution in [1.82, 2.24) is 0 Å². The second-order valence-electron chi connectivity index (χ2n) is 5.23. The molecule has 19 heavy (non-hydrogen) atoms. The largest absolute Gasteiger partial charge is 0.379 e. The molecule has 2 N–H and O–H groups in total. The van der Waals surface area contributed by atoms with Crippen molar-refractivity contribution in [3.8, 4) is 0 Å². The van der Waals surface area contributed by atoms with Gasteiger partial charge in [0.25, 0.3) is 0 Å². The summed E-state index contributed by atoms with van der Waals surface area (Å²) in [6.45, 7) is 11.0. The maximum absolute atomic E-state index is 5.78. The first kappa shape index (κ1) is 18.8. The molecule has 0 saturated carbocycles. The van der Waals surface area contributed by atoms with Gasteiger partial charge in [0.1, 0.15) is 0 Å². The minimum absolute atomic E-state index is 0.277. The molecule has 0 atom stereocenters. The molecule has 0 aliphatic heterocycles. The monoisotopic (exact) mass is 277 g/mol. The third kappa shape index (κ3) is 17.8. The lowest BCUT2D eigenvalue weighted by atomic mass is 10.1. The molecule has 0 aromatic carbocycles. The van der Waals surface area contributed by atoms with E-state index in [1.165, 1.54) is 0 Å². The van der Waals surface area contributed by atoms with Gasteiger partial charge in [-0.1, -0.05) is 13.3 Å². The highest BCUT2D eigenvalue weighted by Gasteiger charge is 2.09. The topological polar surface area (TPSA) is 62.9 Å². The van der Waals surface area contributed by atoms with Crippen LogP contribution in [0.5, 0.6) is 0 Å². The first-order chi connectivity index (χ1) is 9.06. The van der Waals surface area contributed by atoms with Crippen LogP contribution in [0.3, 0.4) is 0 Å². The highest BCUT2D eigenvalue weighted by Crippen LogP contribution is 1.96. The normalized spacial score (nSPS) is 12.0. The highest BCUT2D eigenvalue weighted by atomic mass is 16.6. The molecule has 5 heteroatoms. The van der Waals surface area contributed by atoms with E-state index in [1.807, 2.05) is 13.8 Å². The van der Waals surface area contributed by atoms with Gasteiger partial charge >= 0.3 is 0 Å². The Morgan fingerprint density at radius 1 is 0.737 bits per heavy atom. The van der Waals surface area contributed by atoms with Crippen LogP contribution >= 0.6 is 0 Å². The van der Waals surface area contributed by atoms with Gasteiger partial charge < -0.3 is 24.7 Å². The SMILES string of the molecule is CCCCOCCOCCOCCOCC(C)(C)N. The van der Waals surface area contributed by atoms with Gasteiger partial charge in [0, 0.05) is 12.1 Å². The van der Waals surface area contributed by atoms with Crippen molar-refractivity contribution in [3.63, 3.8) is 0 Å². The van der Waals surface area contributed by atoms with Crippen LogP contribution in [0, 0.1) is 0 Å². The molecule has 0 amide bonds. The summed E-state index contributed by atoms with van der Waals surface area (Å²) >= 11 is 0. The quantitative estimate of drug-likeness (QED) is 0.489. The van der Waals surface area contributed by atoms with Crippen LogP contribution in [0.1, 0.15) is 33.6 Å². The van der Waals surface area contributed by atoms with Crippen LogP contribution in [0.2, 0.25) is 0 Å². The van der Waals surface area contributed by atoms with Gasteiger partial charge in [-0.2, -0.15) is 0 Å². The Labute approximate surface area is 117 Å². The summed E-state index contributed by atoms with van der Waals surface area (Å²) in [7, 11) is 0. The molecular formula is C14H31NO4. The van der Waals surface area contributed by atoms with E-state index in [2.05, 4.69) is 6.92 Å². The molecule has 0 unspecified atom stereocenters. The van der Waals surface area contributed by atoms with Crippen molar-refractivity contribution < 1.29 is 18.9 Å². The molecule has 0 aromatic rings. The Balaban J connectivity index is 2.99. The van der Waals surface area contributed by atoms with Crippen LogP contribution < -0.4 is 5.73 Å². The Morgan fingerprint density at radius 3 is 1.58 bits per heavy atom. The van der Waals surface area contributed by atoms with E-state index in [4.69, 9.17) is 24.7 Å². The molecule has 5 nitrogen and oxygen atoms in total. The van der Waals surface area contributed by atoms with E-state index < -0.39 is 0 Å². The van der Waals surface area contributed by atoms with Crippen LogP contribution in [-0.2, 0) is 18.9 Å². The van der Waals surface area contributed by atoms with Crippen molar-refractivity contribution in [2.45, 2.75) is 39.2 Å². The van der Waals surface area contributed by atoms with Crippen molar-refractivity contribution in [3.05, 3.63) is 0 Å². The summed E-state index contributed by atoms with van der Waals surface area (Å²) in [5, 5.41) is 0. The fourth-order valence-electron chi connectivity index (χ4n) is 1.24. The first-order valence-electron chi connectivity index (χ1n) is 7.16. The van der Waals surface area contributed by atoms with Crippen molar-refractivity contribution >= 4 is 0 Å². The summed E-state index contributed by atoms with van der Waals surface area (Å²) in [4.78, 5) is 0. The Bertz CT molecular complexity index is 183. The van der Waals surface area contributed by atoms with Gasteiger partial charge in [-0.25, -0.2) is 0 Å². The molecule has 0 bridgehead atoms. The van der Waals surface area contributed by atoms with Crippen LogP contribution in [0.4, 0.5) is 0 Å². The molecule has 0 spiro atoms. The molecule has 0 radical (unpaired) electrons. The average molecular weight is 277 g/mol. The molecule has 116 valence electrons. The molecular weight excluding hydrogens is 246 g/mol. The number of unbranched alkanes of at least 4 members (excludes halogenated alkanes) is 1. The zero-order chi connectivity index (χ0) is 14.4. The van der Waals surface area contributed by atoms with E-state index in [-0.39, 0.29) is 5.54 Å². The van der Waals surface area contributed by atoms with Gasteiger partial charge in [0.15, 0.2) is 0 Å². The van der Waals surface area contributed by atoms with Crippen molar-refractivity contribution in [1.29, 1.82) is 0 Å². The van der Waals surface area contributed by atoms with E-state index >= 15 is 0 Å². The first-order valence-corrected chi connectivity index (χ1v) is 7.16. The van der Waals surface area contributed by atoms with E-state index in [0.29, 0.717) is 46.2 Å². The molecule has 0 saturated heterocycles. The van der Waals surface area contributed by atoms with Crippen LogP contribution in [0.25, 0.3) is 0 Å². The summed E-state index contributed by atoms with van der Waals surface area (Å²) in [6.07, 6.45) is 2.28. The highest BCUT2D eigenvalue weighted by molar-refractivity contribution is 4.69. The minimum atomic E-state index is -0.277. The van der Waals surface area contributed by atoms with Gasteiger partial charge in [0.2, 0.25) is 0 Å². The van der Waals surface area contributed by atoms with Crippen molar-refractivity contribution in [2.75, 3.05) is 52.9 Å². The van der Waals surface area contributed by atoms with E-state index in [9.17, 15) is 0 Å². The molecule has 0 aliphatic rings. The smallest absolute Gasteiger partial charge is 0.0701 e. The summed E-state index contributed by atoms with van der Waals surface area (Å²) in [5.74, 6) is 0. The van der Waals surface area contributed by atoms with Crippen LogP contribution in [0.15, 0.2) is 0 Å². The lowest BCUT2D eigenvalue weighted by molar-refractivity contribution is -0.00632. The molecule has 0 fully saturated rings. The average Bonchev–Trinajstić information content (AvgIpc) is 2.34. The van der Waals surface area contributed by atoms with Gasteiger partial charge in [-0.3, -0.25) is 0 Å². The zero-order valence-corrected chi connectivity index (χ0v) is 12.8. The maximum Gasteiger partial charge on any atom is 0.0701 e. The second-order valence-corrected chi connectivity index (χ2v) is 5.23. The molecule has 0 aliphatic carbocycles. The molecule has 0 aromatic heterocycles. The Kier molecular flexibility index (Phi) is 12.7. The third-order valence-electron chi connectivity index (χ3n) is 2.23. The standard InChI is InChI=1S/C14H31NO4/c1-4-5-6-16-7-8-17-9-10-18-11-12-19-13-14(2,3)15/h4-13,15H2,1-3H3. The fourth-order valence-corrected chi connectivity index (χ4v) is 1.24. The number of rotatable bonds is 14. The summed E-state index contributed by atoms with van der Waals surface area (Å²) < 4.78 is 21.5. The lowest BCUT2D eigenvalue weighted by Crippen LogP contribution is -2.37. The van der Waals surface area contributed by atoms with Crippen molar-refractivity contribution in [2.24, 2.45) is 5.73 Å². The van der Waals surface area contributed by atoms with Gasteiger partial charge in [-0.05, 0) is 20.3 Å². The Morgan fingerprint density at radius 2 is 1.16 bits per heavy atom. The molecule has 0 heterocycles. The second kappa shape index (κ2) is 12.8. The maximum atomic E-state index is 5.78. The predicted octanol–water partition coefficient (Wildman–Crippen LogP) is 1.59. The number of hydrogen-bond donors (Lipinski definition) is 1.